The molecule has 4 aliphatic rings. The average Bonchev–Trinajstić information content (AvgIpc) is 3.32. The van der Waals surface area contributed by atoms with E-state index >= 15 is 0 Å². The van der Waals surface area contributed by atoms with Gasteiger partial charge in [-0.25, -0.2) is 0 Å². The average molecular weight is 605 g/mol. The Bertz CT molecular complexity index is 1070. The van der Waals surface area contributed by atoms with Crippen LogP contribution in [0.3, 0.4) is 0 Å². The molecular weight excluding hydrogens is 568 g/mol. The van der Waals surface area contributed by atoms with E-state index < -0.39 is 89.9 Å². The van der Waals surface area contributed by atoms with Crippen LogP contribution in [-0.4, -0.2) is 96.5 Å². The standard InChI is InChI=1S/C26H36O14S/c1-11(27)31-9-15-17(32-12(2)28)19(33-13(3)29)22(34-14(4)30)24(36-15)41-10-16-18-20(38-25(5,6)37-18)21-23(35-16)40-26(7,8)39-21/h10,15,17-24H,9H2,1-8H3/b16-10+/t15-,17-,18+,19+,20+,21-,22-,23-,24+/m1/s1. The Morgan fingerprint density at radius 2 is 1.32 bits per heavy atom. The molecule has 9 atom stereocenters. The Labute approximate surface area is 241 Å². The van der Waals surface area contributed by atoms with E-state index in [1.54, 1.807) is 33.1 Å². The van der Waals surface area contributed by atoms with Crippen LogP contribution in [0.5, 0.6) is 0 Å². The lowest BCUT2D eigenvalue weighted by atomic mass is 9.99. The molecule has 0 amide bonds. The first kappa shape index (κ1) is 31.5. The quantitative estimate of drug-likeness (QED) is 0.305. The van der Waals surface area contributed by atoms with Gasteiger partial charge in [-0.15, -0.1) is 0 Å². The lowest BCUT2D eigenvalue weighted by molar-refractivity contribution is -0.237. The van der Waals surface area contributed by atoms with E-state index in [0.717, 1.165) is 25.6 Å². The number of rotatable bonds is 7. The van der Waals surface area contributed by atoms with Gasteiger partial charge in [0.1, 0.15) is 36.1 Å². The molecule has 0 bridgehead atoms. The summed E-state index contributed by atoms with van der Waals surface area (Å²) in [7, 11) is 0. The summed E-state index contributed by atoms with van der Waals surface area (Å²) < 4.78 is 58.0. The van der Waals surface area contributed by atoms with E-state index in [-0.39, 0.29) is 6.61 Å². The highest BCUT2D eigenvalue weighted by atomic mass is 32.2. The van der Waals surface area contributed by atoms with Crippen LogP contribution in [0.2, 0.25) is 0 Å². The highest BCUT2D eigenvalue weighted by Crippen LogP contribution is 2.46. The van der Waals surface area contributed by atoms with Gasteiger partial charge in [0.15, 0.2) is 36.0 Å². The summed E-state index contributed by atoms with van der Waals surface area (Å²) in [6.45, 7) is 11.4. The van der Waals surface area contributed by atoms with Crippen molar-refractivity contribution in [3.63, 3.8) is 0 Å². The van der Waals surface area contributed by atoms with Crippen molar-refractivity contribution in [1.82, 2.24) is 0 Å². The fourth-order valence-electron chi connectivity index (χ4n) is 5.05. The number of ether oxygens (including phenoxy) is 10. The molecular formula is C26H36O14S. The zero-order valence-electron chi connectivity index (χ0n) is 24.1. The van der Waals surface area contributed by atoms with E-state index in [9.17, 15) is 19.2 Å². The van der Waals surface area contributed by atoms with Crippen molar-refractivity contribution in [1.29, 1.82) is 0 Å². The maximum absolute atomic E-state index is 12.1. The molecule has 230 valence electrons. The summed E-state index contributed by atoms with van der Waals surface area (Å²) in [5, 5.41) is 1.61. The van der Waals surface area contributed by atoms with E-state index in [2.05, 4.69) is 0 Å². The number of fused-ring (bicyclic) bond motifs is 3. The molecule has 41 heavy (non-hydrogen) atoms. The summed E-state index contributed by atoms with van der Waals surface area (Å²) >= 11 is 1.04. The number of esters is 4. The van der Waals surface area contributed by atoms with Crippen LogP contribution >= 0.6 is 11.8 Å². The smallest absolute Gasteiger partial charge is 0.303 e. The first-order valence-corrected chi connectivity index (χ1v) is 14.0. The molecule has 15 heteroatoms. The molecule has 0 unspecified atom stereocenters. The molecule has 0 N–H and O–H groups in total. The minimum Gasteiger partial charge on any atom is -0.463 e. The summed E-state index contributed by atoms with van der Waals surface area (Å²) in [6, 6.07) is 0. The fourth-order valence-corrected chi connectivity index (χ4v) is 6.08. The van der Waals surface area contributed by atoms with Crippen molar-refractivity contribution in [2.75, 3.05) is 6.61 Å². The van der Waals surface area contributed by atoms with Crippen molar-refractivity contribution in [3.8, 4) is 0 Å². The van der Waals surface area contributed by atoms with Crippen LogP contribution in [0.15, 0.2) is 11.2 Å². The third kappa shape index (κ3) is 7.51. The Morgan fingerprint density at radius 3 is 1.93 bits per heavy atom. The van der Waals surface area contributed by atoms with Crippen molar-refractivity contribution in [2.45, 2.75) is 121 Å². The van der Waals surface area contributed by atoms with Gasteiger partial charge in [0.05, 0.1) is 0 Å². The van der Waals surface area contributed by atoms with Gasteiger partial charge in [-0.3, -0.25) is 19.2 Å². The van der Waals surface area contributed by atoms with E-state index in [0.29, 0.717) is 5.76 Å². The minimum atomic E-state index is -1.28. The molecule has 4 fully saturated rings. The van der Waals surface area contributed by atoms with Gasteiger partial charge in [0.2, 0.25) is 6.29 Å². The number of hydrogen-bond acceptors (Lipinski definition) is 15. The number of carbonyl (C=O) groups is 4. The lowest BCUT2D eigenvalue weighted by Crippen LogP contribution is -2.61. The van der Waals surface area contributed by atoms with Crippen molar-refractivity contribution in [2.24, 2.45) is 0 Å². The third-order valence-corrected chi connectivity index (χ3v) is 7.36. The van der Waals surface area contributed by atoms with Crippen LogP contribution in [0.1, 0.15) is 55.4 Å². The van der Waals surface area contributed by atoms with E-state index in [4.69, 9.17) is 47.4 Å². The van der Waals surface area contributed by atoms with Crippen molar-refractivity contribution in [3.05, 3.63) is 11.2 Å². The second kappa shape index (κ2) is 12.1. The molecule has 0 saturated carbocycles. The van der Waals surface area contributed by atoms with Gasteiger partial charge in [0.25, 0.3) is 0 Å². The molecule has 0 spiro atoms. The molecule has 4 saturated heterocycles. The number of hydrogen-bond donors (Lipinski definition) is 0. The molecule has 4 aliphatic heterocycles. The van der Waals surface area contributed by atoms with E-state index in [1.807, 2.05) is 0 Å². The zero-order chi connectivity index (χ0) is 30.3. The monoisotopic (exact) mass is 604 g/mol. The molecule has 0 aliphatic carbocycles. The molecule has 0 aromatic heterocycles. The van der Waals surface area contributed by atoms with Gasteiger partial charge < -0.3 is 47.4 Å². The summed E-state index contributed by atoms with van der Waals surface area (Å²) in [4.78, 5) is 47.7. The van der Waals surface area contributed by atoms with Crippen LogP contribution in [0.4, 0.5) is 0 Å². The van der Waals surface area contributed by atoms with Crippen LogP contribution < -0.4 is 0 Å². The van der Waals surface area contributed by atoms with Crippen LogP contribution in [0, 0.1) is 0 Å². The minimum absolute atomic E-state index is 0.332. The normalized spacial score (nSPS) is 37.8. The SMILES string of the molecule is CC(=O)OC[C@H]1O[C@@H](S/C=C2/O[C@@H]3OC(C)(C)O[C@@H]3[C@H]3OC(C)(C)O[C@@H]23)[C@H](OC(C)=O)[C@@H](OC(C)=O)[C@@H]1OC(C)=O. The largest absolute Gasteiger partial charge is 0.463 e. The molecule has 4 rings (SSSR count). The highest BCUT2D eigenvalue weighted by molar-refractivity contribution is 8.02. The van der Waals surface area contributed by atoms with Crippen molar-refractivity contribution >= 4 is 35.6 Å². The fraction of sp³-hybridized carbons (Fsp3) is 0.769. The topological polar surface area (TPSA) is 161 Å². The van der Waals surface area contributed by atoms with Gasteiger partial charge in [-0.2, -0.15) is 0 Å². The predicted octanol–water partition coefficient (Wildman–Crippen LogP) is 1.67. The van der Waals surface area contributed by atoms with Crippen LogP contribution in [0.25, 0.3) is 0 Å². The first-order chi connectivity index (χ1) is 19.0. The Balaban J connectivity index is 1.66. The van der Waals surface area contributed by atoms with E-state index in [1.165, 1.54) is 13.8 Å². The second-order valence-corrected chi connectivity index (χ2v) is 11.8. The third-order valence-electron chi connectivity index (χ3n) is 6.34. The van der Waals surface area contributed by atoms with Gasteiger partial charge in [-0.05, 0) is 27.7 Å². The van der Waals surface area contributed by atoms with Gasteiger partial charge in [-0.1, -0.05) is 11.8 Å². The Kier molecular flexibility index (Phi) is 9.26. The maximum Gasteiger partial charge on any atom is 0.303 e. The number of carbonyl (C=O) groups excluding carboxylic acids is 4. The molecule has 0 aromatic rings. The Hall–Kier alpha value is -2.43. The van der Waals surface area contributed by atoms with Crippen LogP contribution in [-0.2, 0) is 66.5 Å². The molecule has 0 radical (unpaired) electrons. The van der Waals surface area contributed by atoms with Gasteiger partial charge in [0, 0.05) is 33.1 Å². The maximum atomic E-state index is 12.1. The lowest BCUT2D eigenvalue weighted by Gasteiger charge is -2.44. The second-order valence-electron chi connectivity index (χ2n) is 10.8. The van der Waals surface area contributed by atoms with Gasteiger partial charge >= 0.3 is 23.9 Å². The molecule has 14 nitrogen and oxygen atoms in total. The summed E-state index contributed by atoms with van der Waals surface area (Å²) in [6.07, 6.45) is -7.39. The van der Waals surface area contributed by atoms with Crippen molar-refractivity contribution < 1.29 is 66.5 Å². The predicted molar refractivity (Wildman–Crippen MR) is 136 cm³/mol. The Morgan fingerprint density at radius 1 is 0.756 bits per heavy atom. The number of thioether (sulfide) groups is 1. The molecule has 0 aromatic carbocycles. The summed E-state index contributed by atoms with van der Waals surface area (Å²) in [5.74, 6) is -4.24. The molecule has 4 heterocycles. The summed E-state index contributed by atoms with van der Waals surface area (Å²) in [5.41, 5.74) is -1.03. The first-order valence-electron chi connectivity index (χ1n) is 13.1. The zero-order valence-corrected chi connectivity index (χ0v) is 24.9. The highest BCUT2D eigenvalue weighted by Gasteiger charge is 2.60.